The Morgan fingerprint density at radius 1 is 1.16 bits per heavy atom. The van der Waals surface area contributed by atoms with Crippen LogP contribution in [0, 0.1) is 12.8 Å². The number of hydrogen-bond donors (Lipinski definition) is 2. The third-order valence-electron chi connectivity index (χ3n) is 6.38. The van der Waals surface area contributed by atoms with Crippen molar-refractivity contribution in [2.45, 2.75) is 32.9 Å². The summed E-state index contributed by atoms with van der Waals surface area (Å²) in [5.41, 5.74) is 5.27. The average molecular weight is 501 g/mol. The Balaban J connectivity index is 1.36. The van der Waals surface area contributed by atoms with Gasteiger partial charge in [0.15, 0.2) is 0 Å². The lowest BCUT2D eigenvalue weighted by Gasteiger charge is -2.15. The molecular formula is C28H32N6O3. The van der Waals surface area contributed by atoms with Gasteiger partial charge in [0, 0.05) is 43.6 Å². The van der Waals surface area contributed by atoms with Crippen molar-refractivity contribution in [1.29, 1.82) is 0 Å². The Kier molecular flexibility index (Phi) is 7.23. The molecule has 2 heterocycles. The molecule has 2 aromatic heterocycles. The minimum atomic E-state index is -0.330. The minimum Gasteiger partial charge on any atom is -0.493 e. The van der Waals surface area contributed by atoms with Gasteiger partial charge in [-0.05, 0) is 55.5 Å². The zero-order chi connectivity index (χ0) is 25.8. The van der Waals surface area contributed by atoms with E-state index >= 15 is 0 Å². The zero-order valence-electron chi connectivity index (χ0n) is 21.4. The predicted octanol–water partition coefficient (Wildman–Crippen LogP) is 4.84. The quantitative estimate of drug-likeness (QED) is 0.325. The molecule has 2 aromatic carbocycles. The predicted molar refractivity (Wildman–Crippen MR) is 142 cm³/mol. The number of benzene rings is 2. The topological polar surface area (TPSA) is 95.2 Å². The van der Waals surface area contributed by atoms with Crippen LogP contribution in [-0.2, 0) is 24.9 Å². The highest BCUT2D eigenvalue weighted by Crippen LogP contribution is 2.32. The van der Waals surface area contributed by atoms with Crippen LogP contribution >= 0.6 is 0 Å². The van der Waals surface area contributed by atoms with Crippen molar-refractivity contribution in [1.82, 2.24) is 24.9 Å². The number of hydrogen-bond acceptors (Lipinski definition) is 5. The Morgan fingerprint density at radius 3 is 2.68 bits per heavy atom. The van der Waals surface area contributed by atoms with Gasteiger partial charge in [-0.3, -0.25) is 10.00 Å². The standard InChI is InChI=1S/C28H32N6O3/c1-19-26(23-15-30-33(2)16-23)32-34(24-7-5-4-6-8-24)27(19)31-28(35)29-14-22-13-21(17-36-3)11-12-25(22)37-18-20-9-10-20/h4-8,11-13,15-16,20H,9-10,14,17-18H2,1-3H3,(H2,29,31,35). The van der Waals surface area contributed by atoms with E-state index in [1.807, 2.05) is 68.7 Å². The summed E-state index contributed by atoms with van der Waals surface area (Å²) in [6.07, 6.45) is 6.11. The van der Waals surface area contributed by atoms with E-state index in [4.69, 9.17) is 14.6 Å². The molecule has 192 valence electrons. The van der Waals surface area contributed by atoms with Gasteiger partial charge >= 0.3 is 6.03 Å². The van der Waals surface area contributed by atoms with Gasteiger partial charge in [0.1, 0.15) is 17.3 Å². The van der Waals surface area contributed by atoms with E-state index in [2.05, 4.69) is 15.7 Å². The molecule has 0 saturated heterocycles. The van der Waals surface area contributed by atoms with Gasteiger partial charge in [-0.2, -0.15) is 10.2 Å². The van der Waals surface area contributed by atoms with Crippen molar-refractivity contribution >= 4 is 11.8 Å². The first kappa shape index (κ1) is 24.6. The van der Waals surface area contributed by atoms with Crippen LogP contribution < -0.4 is 15.4 Å². The van der Waals surface area contributed by atoms with Crippen LogP contribution in [0.15, 0.2) is 60.9 Å². The summed E-state index contributed by atoms with van der Waals surface area (Å²) in [6, 6.07) is 15.4. The first-order valence-corrected chi connectivity index (χ1v) is 12.4. The normalized spacial score (nSPS) is 12.9. The number of ether oxygens (including phenoxy) is 2. The lowest BCUT2D eigenvalue weighted by atomic mass is 10.1. The van der Waals surface area contributed by atoms with Crippen LogP contribution in [0.5, 0.6) is 5.75 Å². The number of urea groups is 1. The second-order valence-electron chi connectivity index (χ2n) is 9.41. The number of carbonyl (C=O) groups is 1. The summed E-state index contributed by atoms with van der Waals surface area (Å²) in [5, 5.41) is 15.1. The molecule has 2 amide bonds. The molecule has 5 rings (SSSR count). The van der Waals surface area contributed by atoms with E-state index in [0.717, 1.165) is 39.4 Å². The summed E-state index contributed by atoms with van der Waals surface area (Å²) in [6.45, 7) is 3.46. The maximum atomic E-state index is 13.1. The molecule has 9 nitrogen and oxygen atoms in total. The highest BCUT2D eigenvalue weighted by atomic mass is 16.5. The molecule has 9 heteroatoms. The summed E-state index contributed by atoms with van der Waals surface area (Å²) < 4.78 is 14.8. The van der Waals surface area contributed by atoms with Gasteiger partial charge in [-0.25, -0.2) is 9.48 Å². The first-order chi connectivity index (χ1) is 18.0. The van der Waals surface area contributed by atoms with Crippen molar-refractivity contribution in [2.75, 3.05) is 19.0 Å². The lowest BCUT2D eigenvalue weighted by Crippen LogP contribution is -2.29. The van der Waals surface area contributed by atoms with Crippen molar-refractivity contribution in [3.63, 3.8) is 0 Å². The number of aromatic nitrogens is 4. The molecule has 0 radical (unpaired) electrons. The maximum absolute atomic E-state index is 13.1. The smallest absolute Gasteiger partial charge is 0.320 e. The molecule has 0 aliphatic heterocycles. The number of amides is 2. The number of methoxy groups -OCH3 is 1. The van der Waals surface area contributed by atoms with Gasteiger partial charge in [-0.1, -0.05) is 24.3 Å². The van der Waals surface area contributed by atoms with E-state index in [-0.39, 0.29) is 6.03 Å². The number of nitrogens with zero attached hydrogens (tertiary/aromatic N) is 4. The first-order valence-electron chi connectivity index (χ1n) is 12.4. The van der Waals surface area contributed by atoms with Crippen LogP contribution in [0.4, 0.5) is 10.6 Å². The molecule has 0 atom stereocenters. The average Bonchev–Trinajstić information content (AvgIpc) is 3.56. The molecule has 1 saturated carbocycles. The fraction of sp³-hybridized carbons (Fsp3) is 0.321. The van der Waals surface area contributed by atoms with E-state index < -0.39 is 0 Å². The van der Waals surface area contributed by atoms with Crippen LogP contribution in [0.1, 0.15) is 29.5 Å². The molecule has 1 aliphatic carbocycles. The van der Waals surface area contributed by atoms with E-state index in [0.29, 0.717) is 31.5 Å². The van der Waals surface area contributed by atoms with Gasteiger partial charge in [0.2, 0.25) is 0 Å². The zero-order valence-corrected chi connectivity index (χ0v) is 21.4. The second-order valence-corrected chi connectivity index (χ2v) is 9.41. The molecule has 0 spiro atoms. The van der Waals surface area contributed by atoms with E-state index in [1.165, 1.54) is 12.8 Å². The molecule has 0 unspecified atom stereocenters. The molecule has 0 bridgehead atoms. The van der Waals surface area contributed by atoms with Crippen LogP contribution in [0.2, 0.25) is 0 Å². The third-order valence-corrected chi connectivity index (χ3v) is 6.38. The van der Waals surface area contributed by atoms with Gasteiger partial charge in [0.05, 0.1) is 25.1 Å². The van der Waals surface area contributed by atoms with Crippen molar-refractivity contribution in [3.05, 3.63) is 77.6 Å². The number of carbonyl (C=O) groups excluding carboxylic acids is 1. The number of nitrogens with one attached hydrogen (secondary N) is 2. The highest BCUT2D eigenvalue weighted by Gasteiger charge is 2.23. The summed E-state index contributed by atoms with van der Waals surface area (Å²) in [4.78, 5) is 13.1. The number of para-hydroxylation sites is 1. The summed E-state index contributed by atoms with van der Waals surface area (Å²) in [7, 11) is 3.53. The fourth-order valence-corrected chi connectivity index (χ4v) is 4.20. The SMILES string of the molecule is COCc1ccc(OCC2CC2)c(CNC(=O)Nc2c(C)c(-c3cnn(C)c3)nn2-c2ccccc2)c1. The van der Waals surface area contributed by atoms with Crippen molar-refractivity contribution in [3.8, 4) is 22.7 Å². The number of aryl methyl sites for hydroxylation is 1. The molecule has 4 aromatic rings. The largest absolute Gasteiger partial charge is 0.493 e. The van der Waals surface area contributed by atoms with Gasteiger partial charge in [0.25, 0.3) is 0 Å². The van der Waals surface area contributed by atoms with Crippen LogP contribution in [-0.4, -0.2) is 39.3 Å². The molecular weight excluding hydrogens is 468 g/mol. The Morgan fingerprint density at radius 2 is 1.97 bits per heavy atom. The molecule has 1 aliphatic rings. The Bertz CT molecular complexity index is 1370. The Labute approximate surface area is 216 Å². The number of rotatable bonds is 10. The van der Waals surface area contributed by atoms with Gasteiger partial charge < -0.3 is 14.8 Å². The minimum absolute atomic E-state index is 0.317. The summed E-state index contributed by atoms with van der Waals surface area (Å²) in [5.74, 6) is 2.02. The van der Waals surface area contributed by atoms with E-state index in [9.17, 15) is 4.79 Å². The van der Waals surface area contributed by atoms with Crippen molar-refractivity contribution in [2.24, 2.45) is 13.0 Å². The Hall–Kier alpha value is -4.11. The van der Waals surface area contributed by atoms with Crippen molar-refractivity contribution < 1.29 is 14.3 Å². The van der Waals surface area contributed by atoms with Gasteiger partial charge in [-0.15, -0.1) is 0 Å². The fourth-order valence-electron chi connectivity index (χ4n) is 4.20. The lowest BCUT2D eigenvalue weighted by molar-refractivity contribution is 0.184. The maximum Gasteiger partial charge on any atom is 0.320 e. The molecule has 1 fully saturated rings. The molecule has 2 N–H and O–H groups in total. The van der Waals surface area contributed by atoms with E-state index in [1.54, 1.807) is 22.7 Å². The highest BCUT2D eigenvalue weighted by molar-refractivity contribution is 5.90. The third kappa shape index (κ3) is 5.83. The second kappa shape index (κ2) is 10.9. The number of anilines is 1. The van der Waals surface area contributed by atoms with Crippen LogP contribution in [0.3, 0.4) is 0 Å². The summed E-state index contributed by atoms with van der Waals surface area (Å²) >= 11 is 0. The van der Waals surface area contributed by atoms with Crippen LogP contribution in [0.25, 0.3) is 16.9 Å². The molecule has 37 heavy (non-hydrogen) atoms. The monoisotopic (exact) mass is 500 g/mol.